The molecule has 0 atom stereocenters. The maximum absolute atomic E-state index is 5.11. The van der Waals surface area contributed by atoms with Crippen molar-refractivity contribution in [3.05, 3.63) is 29.3 Å². The topological polar surface area (TPSA) is 75.9 Å². The van der Waals surface area contributed by atoms with Crippen LogP contribution >= 0.6 is 0 Å². The Kier molecular flexibility index (Phi) is 3.22. The van der Waals surface area contributed by atoms with Gasteiger partial charge in [-0.2, -0.15) is 4.98 Å². The first-order valence-electron chi connectivity index (χ1n) is 5.36. The molecule has 0 fully saturated rings. The molecule has 0 aliphatic heterocycles. The number of nitrogens with zero attached hydrogens (tertiary/aromatic N) is 3. The summed E-state index contributed by atoms with van der Waals surface area (Å²) in [4.78, 5) is 8.44. The molecule has 2 aromatic rings. The number of nitrogens with one attached hydrogen (secondary N) is 2. The molecule has 0 aromatic carbocycles. The van der Waals surface area contributed by atoms with Crippen LogP contribution in [0.5, 0.6) is 0 Å². The van der Waals surface area contributed by atoms with E-state index >= 15 is 0 Å². The van der Waals surface area contributed by atoms with Crippen molar-refractivity contribution in [2.24, 2.45) is 0 Å². The van der Waals surface area contributed by atoms with Crippen molar-refractivity contribution >= 4 is 11.8 Å². The van der Waals surface area contributed by atoms with Crippen molar-refractivity contribution in [3.8, 4) is 0 Å². The molecule has 6 nitrogen and oxygen atoms in total. The van der Waals surface area contributed by atoms with Crippen LogP contribution in [0.15, 0.2) is 16.8 Å². The molecule has 0 aliphatic rings. The maximum Gasteiger partial charge on any atom is 0.224 e. The molecule has 6 heteroatoms. The van der Waals surface area contributed by atoms with Crippen LogP contribution in [-0.2, 0) is 6.54 Å². The van der Waals surface area contributed by atoms with Crippen LogP contribution in [0.25, 0.3) is 0 Å². The summed E-state index contributed by atoms with van der Waals surface area (Å²) in [6, 6.07) is 1.89. The van der Waals surface area contributed by atoms with Crippen molar-refractivity contribution in [1.29, 1.82) is 0 Å². The van der Waals surface area contributed by atoms with Gasteiger partial charge in [0.05, 0.1) is 12.2 Å². The Hall–Kier alpha value is -2.11. The summed E-state index contributed by atoms with van der Waals surface area (Å²) >= 11 is 0. The third kappa shape index (κ3) is 2.72. The van der Waals surface area contributed by atoms with Gasteiger partial charge in [0.1, 0.15) is 5.82 Å². The van der Waals surface area contributed by atoms with Gasteiger partial charge in [-0.3, -0.25) is 0 Å². The number of rotatable bonds is 4. The molecule has 0 saturated carbocycles. The van der Waals surface area contributed by atoms with Gasteiger partial charge in [-0.05, 0) is 13.8 Å². The molecule has 2 heterocycles. The van der Waals surface area contributed by atoms with E-state index < -0.39 is 0 Å². The zero-order valence-electron chi connectivity index (χ0n) is 10.1. The van der Waals surface area contributed by atoms with E-state index in [0.717, 1.165) is 22.8 Å². The summed E-state index contributed by atoms with van der Waals surface area (Å²) in [7, 11) is 1.79. The fourth-order valence-corrected chi connectivity index (χ4v) is 1.41. The van der Waals surface area contributed by atoms with Crippen LogP contribution < -0.4 is 10.6 Å². The van der Waals surface area contributed by atoms with Crippen molar-refractivity contribution in [3.63, 3.8) is 0 Å². The Morgan fingerprint density at radius 3 is 2.82 bits per heavy atom. The minimum absolute atomic E-state index is 0.557. The number of aryl methyl sites for hydroxylation is 2. The summed E-state index contributed by atoms with van der Waals surface area (Å²) in [6.45, 7) is 4.40. The molecular formula is C11H15N5O. The molecular weight excluding hydrogens is 218 g/mol. The molecule has 0 amide bonds. The summed E-state index contributed by atoms with van der Waals surface area (Å²) < 4.78 is 5.11. The van der Waals surface area contributed by atoms with Crippen molar-refractivity contribution in [2.45, 2.75) is 20.4 Å². The Morgan fingerprint density at radius 1 is 1.35 bits per heavy atom. The Morgan fingerprint density at radius 2 is 2.18 bits per heavy atom. The van der Waals surface area contributed by atoms with Crippen LogP contribution in [-0.4, -0.2) is 22.2 Å². The number of anilines is 2. The van der Waals surface area contributed by atoms with Gasteiger partial charge >= 0.3 is 0 Å². The molecule has 90 valence electrons. The standard InChI is InChI=1S/C11H15N5O/c1-7-5-14-11(12-3)15-10(7)13-6-9-4-8(2)16-17-9/h4-5H,6H2,1-3H3,(H2,12,13,14,15). The predicted octanol–water partition coefficient (Wildman–Crippen LogP) is 1.74. The first kappa shape index (κ1) is 11.4. The van der Waals surface area contributed by atoms with Gasteiger partial charge in [0.25, 0.3) is 0 Å². The largest absolute Gasteiger partial charge is 0.362 e. The fourth-order valence-electron chi connectivity index (χ4n) is 1.41. The SMILES string of the molecule is CNc1ncc(C)c(NCc2cc(C)no2)n1. The van der Waals surface area contributed by atoms with E-state index in [1.165, 1.54) is 0 Å². The molecule has 0 radical (unpaired) electrons. The Bertz CT molecular complexity index is 508. The summed E-state index contributed by atoms with van der Waals surface area (Å²) in [5.41, 5.74) is 1.86. The van der Waals surface area contributed by atoms with Crippen LogP contribution in [0, 0.1) is 13.8 Å². The van der Waals surface area contributed by atoms with Crippen LogP contribution in [0.1, 0.15) is 17.0 Å². The van der Waals surface area contributed by atoms with Gasteiger partial charge in [-0.15, -0.1) is 0 Å². The van der Waals surface area contributed by atoms with Gasteiger partial charge < -0.3 is 15.2 Å². The third-order valence-electron chi connectivity index (χ3n) is 2.30. The van der Waals surface area contributed by atoms with Gasteiger partial charge in [0.15, 0.2) is 5.76 Å². The van der Waals surface area contributed by atoms with Gasteiger partial charge in [-0.25, -0.2) is 4.98 Å². The van der Waals surface area contributed by atoms with E-state index in [9.17, 15) is 0 Å². The van der Waals surface area contributed by atoms with Crippen molar-refractivity contribution in [2.75, 3.05) is 17.7 Å². The van der Waals surface area contributed by atoms with Gasteiger partial charge in [0.2, 0.25) is 5.95 Å². The lowest BCUT2D eigenvalue weighted by molar-refractivity contribution is 0.384. The highest BCUT2D eigenvalue weighted by Crippen LogP contribution is 2.13. The molecule has 0 spiro atoms. The maximum atomic E-state index is 5.11. The molecule has 0 bridgehead atoms. The van der Waals surface area contributed by atoms with E-state index in [0.29, 0.717) is 12.5 Å². The van der Waals surface area contributed by atoms with Gasteiger partial charge in [-0.1, -0.05) is 5.16 Å². The quantitative estimate of drug-likeness (QED) is 0.837. The average molecular weight is 233 g/mol. The summed E-state index contributed by atoms with van der Waals surface area (Å²) in [5, 5.41) is 9.92. The normalized spacial score (nSPS) is 10.3. The lowest BCUT2D eigenvalue weighted by Gasteiger charge is -2.07. The van der Waals surface area contributed by atoms with E-state index in [2.05, 4.69) is 25.8 Å². The Balaban J connectivity index is 2.07. The molecule has 2 rings (SSSR count). The van der Waals surface area contributed by atoms with Crippen LogP contribution in [0.4, 0.5) is 11.8 Å². The molecule has 0 aliphatic carbocycles. The molecule has 2 aromatic heterocycles. The van der Waals surface area contributed by atoms with Crippen molar-refractivity contribution in [1.82, 2.24) is 15.1 Å². The molecule has 2 N–H and O–H groups in total. The summed E-state index contributed by atoms with van der Waals surface area (Å²) in [5.74, 6) is 2.16. The minimum atomic E-state index is 0.557. The second kappa shape index (κ2) is 4.82. The van der Waals surface area contributed by atoms with E-state index in [1.54, 1.807) is 13.2 Å². The summed E-state index contributed by atoms with van der Waals surface area (Å²) in [6.07, 6.45) is 1.77. The van der Waals surface area contributed by atoms with Crippen molar-refractivity contribution < 1.29 is 4.52 Å². The number of aromatic nitrogens is 3. The van der Waals surface area contributed by atoms with E-state index in [-0.39, 0.29) is 0 Å². The number of hydrogen-bond acceptors (Lipinski definition) is 6. The van der Waals surface area contributed by atoms with E-state index in [4.69, 9.17) is 4.52 Å². The monoisotopic (exact) mass is 233 g/mol. The highest BCUT2D eigenvalue weighted by atomic mass is 16.5. The highest BCUT2D eigenvalue weighted by molar-refractivity contribution is 5.46. The number of hydrogen-bond donors (Lipinski definition) is 2. The van der Waals surface area contributed by atoms with E-state index in [1.807, 2.05) is 19.9 Å². The lowest BCUT2D eigenvalue weighted by Crippen LogP contribution is -2.05. The third-order valence-corrected chi connectivity index (χ3v) is 2.30. The zero-order chi connectivity index (χ0) is 12.3. The van der Waals surface area contributed by atoms with Crippen LogP contribution in [0.3, 0.4) is 0 Å². The van der Waals surface area contributed by atoms with Gasteiger partial charge in [0, 0.05) is 24.9 Å². The smallest absolute Gasteiger partial charge is 0.224 e. The first-order valence-corrected chi connectivity index (χ1v) is 5.36. The zero-order valence-corrected chi connectivity index (χ0v) is 10.1. The van der Waals surface area contributed by atoms with Crippen LogP contribution in [0.2, 0.25) is 0 Å². The molecule has 17 heavy (non-hydrogen) atoms. The molecule has 0 unspecified atom stereocenters. The lowest BCUT2D eigenvalue weighted by atomic mass is 10.3. The Labute approximate surface area is 99.5 Å². The predicted molar refractivity (Wildman–Crippen MR) is 64.9 cm³/mol. The molecule has 0 saturated heterocycles. The second-order valence-electron chi connectivity index (χ2n) is 3.76. The highest BCUT2D eigenvalue weighted by Gasteiger charge is 2.05. The first-order chi connectivity index (χ1) is 8.19. The average Bonchev–Trinajstić information content (AvgIpc) is 2.74. The minimum Gasteiger partial charge on any atom is -0.362 e. The second-order valence-corrected chi connectivity index (χ2v) is 3.76. The fraction of sp³-hybridized carbons (Fsp3) is 0.364.